The highest BCUT2D eigenvalue weighted by molar-refractivity contribution is 7.97. The van der Waals surface area contributed by atoms with Crippen molar-refractivity contribution in [2.24, 2.45) is 0 Å². The van der Waals surface area contributed by atoms with Crippen LogP contribution < -0.4 is 4.72 Å². The molecule has 0 saturated carbocycles. The molecule has 0 aromatic carbocycles. The molecule has 0 aliphatic carbocycles. The van der Waals surface area contributed by atoms with Gasteiger partial charge in [0.1, 0.15) is 0 Å². The molecule has 0 saturated heterocycles. The van der Waals surface area contributed by atoms with E-state index in [0.717, 1.165) is 6.54 Å². The molecule has 0 heterocycles. The molecular weight excluding hydrogens is 118 g/mol. The van der Waals surface area contributed by atoms with Crippen LogP contribution in [0.1, 0.15) is 13.8 Å². The van der Waals surface area contributed by atoms with Crippen molar-refractivity contribution in [3.05, 3.63) is 12.7 Å². The van der Waals surface area contributed by atoms with Crippen LogP contribution in [-0.4, -0.2) is 11.8 Å². The Labute approximate surface area is 55.7 Å². The summed E-state index contributed by atoms with van der Waals surface area (Å²) in [5.41, 5.74) is 0. The van der Waals surface area contributed by atoms with Crippen molar-refractivity contribution in [3.8, 4) is 0 Å². The highest BCUT2D eigenvalue weighted by Gasteiger charge is 1.88. The van der Waals surface area contributed by atoms with Gasteiger partial charge in [-0.25, -0.2) is 0 Å². The molecule has 0 radical (unpaired) electrons. The summed E-state index contributed by atoms with van der Waals surface area (Å²) in [6, 6.07) is 0. The second-order valence-electron chi connectivity index (χ2n) is 1.80. The summed E-state index contributed by atoms with van der Waals surface area (Å²) < 4.78 is 3.13. The van der Waals surface area contributed by atoms with Gasteiger partial charge in [-0.05, 0) is 0 Å². The van der Waals surface area contributed by atoms with E-state index in [4.69, 9.17) is 0 Å². The lowest BCUT2D eigenvalue weighted by molar-refractivity contribution is 1.06. The second kappa shape index (κ2) is 5.19. The van der Waals surface area contributed by atoms with Crippen LogP contribution >= 0.6 is 11.9 Å². The van der Waals surface area contributed by atoms with Crippen LogP contribution in [0.5, 0.6) is 0 Å². The lowest BCUT2D eigenvalue weighted by atomic mass is 10.6. The molecule has 2 heteroatoms. The lowest BCUT2D eigenvalue weighted by Crippen LogP contribution is -2.06. The fourth-order valence-electron chi connectivity index (χ4n) is 0.274. The van der Waals surface area contributed by atoms with Crippen molar-refractivity contribution in [1.82, 2.24) is 4.72 Å². The Morgan fingerprint density at radius 1 is 1.75 bits per heavy atom. The van der Waals surface area contributed by atoms with E-state index < -0.39 is 0 Å². The summed E-state index contributed by atoms with van der Waals surface area (Å²) >= 11 is 1.73. The van der Waals surface area contributed by atoms with Crippen LogP contribution in [0.3, 0.4) is 0 Å². The summed E-state index contributed by atoms with van der Waals surface area (Å²) in [6.07, 6.45) is 1.86. The normalized spacial score (nSPS) is 9.88. The van der Waals surface area contributed by atoms with E-state index in [-0.39, 0.29) is 0 Å². The first-order valence-corrected chi connectivity index (χ1v) is 3.64. The summed E-state index contributed by atoms with van der Waals surface area (Å²) in [6.45, 7) is 8.78. The van der Waals surface area contributed by atoms with Gasteiger partial charge in [-0.2, -0.15) is 0 Å². The molecule has 1 nitrogen and oxygen atoms in total. The van der Waals surface area contributed by atoms with E-state index in [9.17, 15) is 0 Å². The van der Waals surface area contributed by atoms with Crippen LogP contribution in [0.25, 0.3) is 0 Å². The maximum absolute atomic E-state index is 3.58. The molecule has 8 heavy (non-hydrogen) atoms. The first-order chi connectivity index (χ1) is 3.77. The molecule has 0 unspecified atom stereocenters. The maximum atomic E-state index is 3.58. The minimum atomic E-state index is 0.662. The Morgan fingerprint density at radius 3 is 2.75 bits per heavy atom. The molecule has 0 spiro atoms. The highest BCUT2D eigenvalue weighted by Crippen LogP contribution is 2.01. The zero-order valence-electron chi connectivity index (χ0n) is 5.48. The van der Waals surface area contributed by atoms with Gasteiger partial charge in [0.2, 0.25) is 0 Å². The predicted molar refractivity (Wildman–Crippen MR) is 40.9 cm³/mol. The van der Waals surface area contributed by atoms with Crippen LogP contribution in [0.2, 0.25) is 0 Å². The third-order valence-corrected chi connectivity index (χ3v) is 1.35. The first kappa shape index (κ1) is 8.05. The third kappa shape index (κ3) is 6.05. The number of hydrogen-bond donors (Lipinski definition) is 1. The topological polar surface area (TPSA) is 12.0 Å². The average Bonchev–Trinajstić information content (AvgIpc) is 1.66. The maximum Gasteiger partial charge on any atom is 0.0237 e. The van der Waals surface area contributed by atoms with E-state index in [1.165, 1.54) is 0 Å². The second-order valence-corrected chi connectivity index (χ2v) is 3.27. The molecule has 0 amide bonds. The monoisotopic (exact) mass is 131 g/mol. The van der Waals surface area contributed by atoms with Crippen LogP contribution in [0.4, 0.5) is 0 Å². The van der Waals surface area contributed by atoms with Gasteiger partial charge in [-0.15, -0.1) is 6.58 Å². The van der Waals surface area contributed by atoms with Crippen molar-refractivity contribution in [3.63, 3.8) is 0 Å². The Balaban J connectivity index is 2.81. The SMILES string of the molecule is C=CCNSC(C)C. The standard InChI is InChI=1S/C6H13NS/c1-4-5-7-8-6(2)3/h4,6-7H,1,5H2,2-3H3. The fourth-order valence-corrected chi connectivity index (χ4v) is 0.821. The molecule has 0 aliphatic rings. The van der Waals surface area contributed by atoms with Gasteiger partial charge in [0.15, 0.2) is 0 Å². The van der Waals surface area contributed by atoms with Crippen LogP contribution in [-0.2, 0) is 0 Å². The van der Waals surface area contributed by atoms with E-state index in [1.807, 2.05) is 6.08 Å². The minimum Gasteiger partial charge on any atom is -0.260 e. The van der Waals surface area contributed by atoms with Gasteiger partial charge in [-0.3, -0.25) is 4.72 Å². The molecule has 0 aromatic heterocycles. The Bertz CT molecular complexity index is 61.5. The molecule has 0 rings (SSSR count). The zero-order chi connectivity index (χ0) is 6.41. The van der Waals surface area contributed by atoms with Crippen molar-refractivity contribution in [1.29, 1.82) is 0 Å². The molecule has 0 fully saturated rings. The summed E-state index contributed by atoms with van der Waals surface area (Å²) in [5, 5.41) is 0.662. The van der Waals surface area contributed by atoms with E-state index in [2.05, 4.69) is 25.1 Å². The summed E-state index contributed by atoms with van der Waals surface area (Å²) in [5.74, 6) is 0. The molecule has 48 valence electrons. The van der Waals surface area contributed by atoms with Gasteiger partial charge in [-0.1, -0.05) is 31.9 Å². The van der Waals surface area contributed by atoms with Gasteiger partial charge in [0.05, 0.1) is 0 Å². The van der Waals surface area contributed by atoms with E-state index in [0.29, 0.717) is 5.25 Å². The average molecular weight is 131 g/mol. The number of nitrogens with one attached hydrogen (secondary N) is 1. The zero-order valence-corrected chi connectivity index (χ0v) is 6.29. The van der Waals surface area contributed by atoms with E-state index >= 15 is 0 Å². The smallest absolute Gasteiger partial charge is 0.0237 e. The highest BCUT2D eigenvalue weighted by atomic mass is 32.2. The van der Waals surface area contributed by atoms with Gasteiger partial charge in [0.25, 0.3) is 0 Å². The number of hydrogen-bond acceptors (Lipinski definition) is 2. The van der Waals surface area contributed by atoms with Crippen LogP contribution in [0, 0.1) is 0 Å². The van der Waals surface area contributed by atoms with Gasteiger partial charge >= 0.3 is 0 Å². The molecule has 1 N–H and O–H groups in total. The van der Waals surface area contributed by atoms with Crippen molar-refractivity contribution < 1.29 is 0 Å². The molecule has 0 bridgehead atoms. The third-order valence-electron chi connectivity index (χ3n) is 0.547. The molecular formula is C6H13NS. The molecule has 0 aromatic rings. The molecule has 0 aliphatic heterocycles. The van der Waals surface area contributed by atoms with Gasteiger partial charge in [0, 0.05) is 11.8 Å². The Kier molecular flexibility index (Phi) is 5.22. The van der Waals surface area contributed by atoms with Gasteiger partial charge < -0.3 is 0 Å². The van der Waals surface area contributed by atoms with Crippen molar-refractivity contribution in [2.45, 2.75) is 19.1 Å². The molecule has 0 atom stereocenters. The Morgan fingerprint density at radius 2 is 2.38 bits per heavy atom. The predicted octanol–water partition coefficient (Wildman–Crippen LogP) is 1.82. The summed E-state index contributed by atoms with van der Waals surface area (Å²) in [7, 11) is 0. The van der Waals surface area contributed by atoms with Crippen molar-refractivity contribution in [2.75, 3.05) is 6.54 Å². The first-order valence-electron chi connectivity index (χ1n) is 2.76. The largest absolute Gasteiger partial charge is 0.260 e. The van der Waals surface area contributed by atoms with Crippen molar-refractivity contribution >= 4 is 11.9 Å². The minimum absolute atomic E-state index is 0.662. The number of rotatable bonds is 4. The quantitative estimate of drug-likeness (QED) is 0.355. The fraction of sp³-hybridized carbons (Fsp3) is 0.667. The lowest BCUT2D eigenvalue weighted by Gasteiger charge is -2.01. The Hall–Kier alpha value is 0.0500. The van der Waals surface area contributed by atoms with Crippen LogP contribution in [0.15, 0.2) is 12.7 Å². The van der Waals surface area contributed by atoms with E-state index in [1.54, 1.807) is 11.9 Å². The summed E-state index contributed by atoms with van der Waals surface area (Å²) in [4.78, 5) is 0.